The van der Waals surface area contributed by atoms with E-state index in [0.29, 0.717) is 5.89 Å². The van der Waals surface area contributed by atoms with E-state index < -0.39 is 0 Å². The molecule has 0 radical (unpaired) electrons. The number of aromatic nitrogens is 1. The molecule has 3 heterocycles. The van der Waals surface area contributed by atoms with Gasteiger partial charge < -0.3 is 14.1 Å². The third-order valence-electron chi connectivity index (χ3n) is 9.41. The predicted octanol–water partition coefficient (Wildman–Crippen LogP) is 12.0. The van der Waals surface area contributed by atoms with Gasteiger partial charge in [0.1, 0.15) is 17.4 Å². The first-order valence-corrected chi connectivity index (χ1v) is 17.0. The molecule has 2 aliphatic rings. The molecule has 6 aromatic carbocycles. The van der Waals surface area contributed by atoms with E-state index >= 15 is 0 Å². The van der Waals surface area contributed by atoms with Gasteiger partial charge in [-0.15, -0.1) is 11.3 Å². The van der Waals surface area contributed by atoms with Crippen molar-refractivity contribution >= 4 is 70.8 Å². The lowest BCUT2D eigenvalue weighted by Gasteiger charge is -2.26. The van der Waals surface area contributed by atoms with Crippen molar-refractivity contribution in [3.05, 3.63) is 163 Å². The highest BCUT2D eigenvalue weighted by Crippen LogP contribution is 2.48. The Labute approximate surface area is 281 Å². The van der Waals surface area contributed by atoms with Crippen LogP contribution in [0.3, 0.4) is 0 Å². The maximum Gasteiger partial charge on any atom is 0.227 e. The van der Waals surface area contributed by atoms with Crippen LogP contribution in [-0.2, 0) is 0 Å². The average Bonchev–Trinajstić information content (AvgIpc) is 3.86. The number of benzene rings is 6. The second kappa shape index (κ2) is 10.8. The topological polar surface area (TPSA) is 38.5 Å². The molecular formula is C43H28N2O2S. The first-order chi connectivity index (χ1) is 23.8. The van der Waals surface area contributed by atoms with Crippen molar-refractivity contribution in [3.8, 4) is 17.2 Å². The van der Waals surface area contributed by atoms with Gasteiger partial charge in [0.05, 0.1) is 16.0 Å². The van der Waals surface area contributed by atoms with Crippen LogP contribution in [0, 0.1) is 0 Å². The minimum atomic E-state index is -0.0331. The Kier molecular flexibility index (Phi) is 6.14. The first kappa shape index (κ1) is 27.2. The van der Waals surface area contributed by atoms with E-state index in [2.05, 4.69) is 114 Å². The van der Waals surface area contributed by atoms with Gasteiger partial charge in [0.15, 0.2) is 5.58 Å². The molecule has 228 valence electrons. The Hall–Kier alpha value is -5.91. The summed E-state index contributed by atoms with van der Waals surface area (Å²) in [5.74, 6) is 1.48. The number of anilines is 3. The van der Waals surface area contributed by atoms with Crippen LogP contribution in [0.5, 0.6) is 5.75 Å². The number of rotatable bonds is 5. The summed E-state index contributed by atoms with van der Waals surface area (Å²) in [6.07, 6.45) is 5.32. The standard InChI is InChI=1S/C43H28N2O2S/c1-3-10-28(11-4-1)43-44-35-23-25-38-40(41(35)47-43)34-26-29(20-24-37(34)46-38)27-18-21-31(22-19-27)45(30-12-5-2-6-13-30)36-16-9-15-33-32-14-7-8-17-39(32)48-42(33)36/h1-23,25-26,37H,24H2. The maximum absolute atomic E-state index is 6.42. The Balaban J connectivity index is 1.04. The monoisotopic (exact) mass is 636 g/mol. The number of allylic oxidation sites excluding steroid dienone is 2. The van der Waals surface area contributed by atoms with E-state index in [1.165, 1.54) is 37.0 Å². The predicted molar refractivity (Wildman–Crippen MR) is 198 cm³/mol. The first-order valence-electron chi connectivity index (χ1n) is 16.2. The highest BCUT2D eigenvalue weighted by Gasteiger charge is 2.34. The lowest BCUT2D eigenvalue weighted by Crippen LogP contribution is -2.13. The Bertz CT molecular complexity index is 2560. The number of thiophene rings is 1. The van der Waals surface area contributed by atoms with E-state index in [1.807, 2.05) is 53.8 Å². The smallest absolute Gasteiger partial charge is 0.227 e. The van der Waals surface area contributed by atoms with E-state index in [-0.39, 0.29) is 6.10 Å². The molecule has 0 saturated carbocycles. The van der Waals surface area contributed by atoms with E-state index in [1.54, 1.807) is 0 Å². The van der Waals surface area contributed by atoms with Crippen LogP contribution in [0.2, 0.25) is 0 Å². The highest BCUT2D eigenvalue weighted by molar-refractivity contribution is 7.26. The van der Waals surface area contributed by atoms with Crippen molar-refractivity contribution in [2.24, 2.45) is 0 Å². The molecule has 4 nitrogen and oxygen atoms in total. The third-order valence-corrected chi connectivity index (χ3v) is 10.6. The Morgan fingerprint density at radius 2 is 1.42 bits per heavy atom. The molecule has 2 aromatic heterocycles. The van der Waals surface area contributed by atoms with Crippen LogP contribution < -0.4 is 9.64 Å². The summed E-state index contributed by atoms with van der Waals surface area (Å²) in [4.78, 5) is 7.19. The lowest BCUT2D eigenvalue weighted by atomic mass is 9.89. The minimum Gasteiger partial charge on any atom is -0.485 e. The van der Waals surface area contributed by atoms with Gasteiger partial charge in [0.25, 0.3) is 0 Å². The van der Waals surface area contributed by atoms with Crippen LogP contribution in [0.15, 0.2) is 156 Å². The van der Waals surface area contributed by atoms with Gasteiger partial charge in [-0.3, -0.25) is 0 Å². The van der Waals surface area contributed by atoms with Crippen LogP contribution in [-0.4, -0.2) is 11.1 Å². The van der Waals surface area contributed by atoms with Crippen molar-refractivity contribution in [2.75, 3.05) is 4.90 Å². The van der Waals surface area contributed by atoms with Crippen molar-refractivity contribution in [1.82, 2.24) is 4.98 Å². The number of ether oxygens (including phenoxy) is 1. The Morgan fingerprint density at radius 1 is 0.667 bits per heavy atom. The number of hydrogen-bond acceptors (Lipinski definition) is 5. The van der Waals surface area contributed by atoms with Crippen LogP contribution in [0.25, 0.3) is 53.9 Å². The summed E-state index contributed by atoms with van der Waals surface area (Å²) < 4.78 is 15.4. The van der Waals surface area contributed by atoms with Gasteiger partial charge in [-0.1, -0.05) is 84.9 Å². The van der Waals surface area contributed by atoms with Gasteiger partial charge in [-0.2, -0.15) is 0 Å². The number of oxazole rings is 1. The Morgan fingerprint density at radius 3 is 2.27 bits per heavy atom. The summed E-state index contributed by atoms with van der Waals surface area (Å²) >= 11 is 1.85. The van der Waals surface area contributed by atoms with Gasteiger partial charge in [0, 0.05) is 44.4 Å². The number of para-hydroxylation sites is 1. The lowest BCUT2D eigenvalue weighted by molar-refractivity contribution is 0.279. The van der Waals surface area contributed by atoms with Gasteiger partial charge in [0.2, 0.25) is 5.89 Å². The SMILES string of the molecule is C1=C(c2ccc(N(c3ccccc3)c3cccc4c3sc3ccccc34)cc2)C=C2c3c(ccc4nc(-c5ccccc5)oc34)OC2C1. The number of nitrogens with zero attached hydrogens (tertiary/aromatic N) is 2. The molecule has 1 aliphatic carbocycles. The van der Waals surface area contributed by atoms with Gasteiger partial charge in [-0.05, 0) is 77.9 Å². The molecule has 0 N–H and O–H groups in total. The third kappa shape index (κ3) is 4.32. The zero-order chi connectivity index (χ0) is 31.6. The number of hydrogen-bond donors (Lipinski definition) is 0. The molecule has 1 atom stereocenters. The molecule has 8 aromatic rings. The summed E-state index contributed by atoms with van der Waals surface area (Å²) in [5, 5.41) is 2.59. The largest absolute Gasteiger partial charge is 0.485 e. The van der Waals surface area contributed by atoms with E-state index in [0.717, 1.165) is 51.3 Å². The highest BCUT2D eigenvalue weighted by atomic mass is 32.1. The quantitative estimate of drug-likeness (QED) is 0.188. The van der Waals surface area contributed by atoms with Crippen LogP contribution in [0.4, 0.5) is 17.1 Å². The molecule has 0 fully saturated rings. The second-order valence-electron chi connectivity index (χ2n) is 12.2. The average molecular weight is 637 g/mol. The zero-order valence-corrected chi connectivity index (χ0v) is 26.7. The molecule has 10 rings (SSSR count). The fourth-order valence-corrected chi connectivity index (χ4v) is 8.35. The van der Waals surface area contributed by atoms with Crippen molar-refractivity contribution in [3.63, 3.8) is 0 Å². The molecule has 0 spiro atoms. The summed E-state index contributed by atoms with van der Waals surface area (Å²) in [6, 6.07) is 49.0. The molecule has 0 amide bonds. The van der Waals surface area contributed by atoms with Crippen molar-refractivity contribution < 1.29 is 9.15 Å². The molecule has 5 heteroatoms. The summed E-state index contributed by atoms with van der Waals surface area (Å²) in [5.41, 5.74) is 10.5. The maximum atomic E-state index is 6.42. The van der Waals surface area contributed by atoms with Gasteiger partial charge in [-0.25, -0.2) is 4.98 Å². The molecule has 1 aliphatic heterocycles. The fourth-order valence-electron chi connectivity index (χ4n) is 7.14. The van der Waals surface area contributed by atoms with Crippen molar-refractivity contribution in [1.29, 1.82) is 0 Å². The number of fused-ring (bicyclic) bond motifs is 8. The molecule has 48 heavy (non-hydrogen) atoms. The molecule has 1 unspecified atom stereocenters. The fraction of sp³-hybridized carbons (Fsp3) is 0.0465. The van der Waals surface area contributed by atoms with Crippen LogP contribution in [0.1, 0.15) is 17.5 Å². The van der Waals surface area contributed by atoms with E-state index in [4.69, 9.17) is 14.1 Å². The zero-order valence-electron chi connectivity index (χ0n) is 25.8. The summed E-state index contributed by atoms with van der Waals surface area (Å²) in [6.45, 7) is 0. The van der Waals surface area contributed by atoms with Gasteiger partial charge >= 0.3 is 0 Å². The minimum absolute atomic E-state index is 0.0331. The normalized spacial score (nSPS) is 15.2. The van der Waals surface area contributed by atoms with E-state index in [9.17, 15) is 0 Å². The van der Waals surface area contributed by atoms with Crippen LogP contribution >= 0.6 is 11.3 Å². The molecular weight excluding hydrogens is 609 g/mol. The summed E-state index contributed by atoms with van der Waals surface area (Å²) in [7, 11) is 0. The van der Waals surface area contributed by atoms with Crippen molar-refractivity contribution in [2.45, 2.75) is 12.5 Å². The second-order valence-corrected chi connectivity index (χ2v) is 13.3. The molecule has 0 bridgehead atoms. The molecule has 0 saturated heterocycles.